The number of methoxy groups -OCH3 is 1. The smallest absolute Gasteiger partial charge is 0.270 e. The van der Waals surface area contributed by atoms with Crippen molar-refractivity contribution in [2.75, 3.05) is 19.0 Å². The fourth-order valence-electron chi connectivity index (χ4n) is 1.34. The molecule has 0 fully saturated rings. The second kappa shape index (κ2) is 7.23. The molecule has 0 aliphatic rings. The average molecular weight is 331 g/mol. The lowest BCUT2D eigenvalue weighted by molar-refractivity contribution is 0.315. The highest BCUT2D eigenvalue weighted by molar-refractivity contribution is 8.93. The lowest BCUT2D eigenvalue weighted by Crippen LogP contribution is -1.92. The number of halogens is 1. The van der Waals surface area contributed by atoms with Crippen LogP contribution in [0.2, 0.25) is 0 Å². The summed E-state index contributed by atoms with van der Waals surface area (Å²) in [4.78, 5) is 4.30. The monoisotopic (exact) mass is 330 g/mol. The molecule has 98 valence electrons. The molecule has 6 heteroatoms. The van der Waals surface area contributed by atoms with Gasteiger partial charge in [-0.25, -0.2) is 0 Å². The Morgan fingerprint density at radius 1 is 1.28 bits per heavy atom. The van der Waals surface area contributed by atoms with E-state index >= 15 is 0 Å². The van der Waals surface area contributed by atoms with Gasteiger partial charge in [0, 0.05) is 5.69 Å². The quantitative estimate of drug-likeness (QED) is 0.903. The SMILES string of the molecule is Br.CCOc1sc(Nc2ccccc2)nc1OC. The van der Waals surface area contributed by atoms with Crippen LogP contribution in [-0.2, 0) is 0 Å². The minimum Gasteiger partial charge on any atom is -0.480 e. The number of anilines is 2. The maximum absolute atomic E-state index is 5.44. The van der Waals surface area contributed by atoms with E-state index in [-0.39, 0.29) is 17.0 Å². The summed E-state index contributed by atoms with van der Waals surface area (Å²) in [5.41, 5.74) is 0.993. The second-order valence-electron chi connectivity index (χ2n) is 3.24. The van der Waals surface area contributed by atoms with Gasteiger partial charge in [0.05, 0.1) is 13.7 Å². The number of aromatic nitrogens is 1. The molecule has 0 atom stereocenters. The molecule has 4 nitrogen and oxygen atoms in total. The minimum absolute atomic E-state index is 0. The largest absolute Gasteiger partial charge is 0.480 e. The van der Waals surface area contributed by atoms with Crippen molar-refractivity contribution in [1.82, 2.24) is 4.98 Å². The first kappa shape index (κ1) is 14.8. The van der Waals surface area contributed by atoms with Crippen LogP contribution < -0.4 is 14.8 Å². The average Bonchev–Trinajstić information content (AvgIpc) is 2.73. The summed E-state index contributed by atoms with van der Waals surface area (Å²) in [6.45, 7) is 2.53. The van der Waals surface area contributed by atoms with Crippen molar-refractivity contribution in [3.8, 4) is 10.9 Å². The fraction of sp³-hybridized carbons (Fsp3) is 0.250. The molecule has 0 saturated carbocycles. The predicted octanol–water partition coefficient (Wildman–Crippen LogP) is 3.87. The molecule has 1 N–H and O–H groups in total. The molecule has 0 saturated heterocycles. The predicted molar refractivity (Wildman–Crippen MR) is 79.9 cm³/mol. The zero-order valence-electron chi connectivity index (χ0n) is 10.2. The van der Waals surface area contributed by atoms with E-state index < -0.39 is 0 Å². The van der Waals surface area contributed by atoms with E-state index in [1.54, 1.807) is 7.11 Å². The minimum atomic E-state index is 0. The van der Waals surface area contributed by atoms with Crippen LogP contribution in [0.4, 0.5) is 10.8 Å². The Kier molecular flexibility index (Phi) is 5.94. The highest BCUT2D eigenvalue weighted by Crippen LogP contribution is 2.37. The molecule has 2 aromatic rings. The van der Waals surface area contributed by atoms with Gasteiger partial charge in [-0.1, -0.05) is 29.5 Å². The number of benzene rings is 1. The number of hydrogen-bond acceptors (Lipinski definition) is 5. The number of ether oxygens (including phenoxy) is 2. The standard InChI is InChI=1S/C12H14N2O2S.BrH/c1-3-16-11-10(15-2)14-12(17-11)13-9-7-5-4-6-8-9;/h4-8H,3H2,1-2H3,(H,13,14);1H. The Morgan fingerprint density at radius 3 is 2.61 bits per heavy atom. The number of para-hydroxylation sites is 1. The van der Waals surface area contributed by atoms with Crippen molar-refractivity contribution in [2.24, 2.45) is 0 Å². The first-order valence-corrected chi connectivity index (χ1v) is 6.14. The lowest BCUT2D eigenvalue weighted by atomic mass is 10.3. The topological polar surface area (TPSA) is 43.4 Å². The highest BCUT2D eigenvalue weighted by Gasteiger charge is 2.12. The number of hydrogen-bond donors (Lipinski definition) is 1. The van der Waals surface area contributed by atoms with Crippen molar-refractivity contribution in [2.45, 2.75) is 6.92 Å². The summed E-state index contributed by atoms with van der Waals surface area (Å²) in [5, 5.41) is 4.67. The van der Waals surface area contributed by atoms with Crippen LogP contribution in [0.15, 0.2) is 30.3 Å². The molecule has 0 amide bonds. The Labute approximate surface area is 121 Å². The molecule has 0 aliphatic heterocycles. The van der Waals surface area contributed by atoms with E-state index in [1.165, 1.54) is 11.3 Å². The summed E-state index contributed by atoms with van der Waals surface area (Å²) in [5.74, 6) is 0.523. The van der Waals surface area contributed by atoms with Gasteiger partial charge < -0.3 is 14.8 Å². The summed E-state index contributed by atoms with van der Waals surface area (Å²) in [6.07, 6.45) is 0. The van der Waals surface area contributed by atoms with E-state index in [4.69, 9.17) is 9.47 Å². The molecule has 1 heterocycles. The Morgan fingerprint density at radius 2 is 2.00 bits per heavy atom. The zero-order valence-corrected chi connectivity index (χ0v) is 12.7. The van der Waals surface area contributed by atoms with Gasteiger partial charge in [-0.2, -0.15) is 4.98 Å². The van der Waals surface area contributed by atoms with E-state index in [0.29, 0.717) is 17.6 Å². The van der Waals surface area contributed by atoms with E-state index in [2.05, 4.69) is 10.3 Å². The van der Waals surface area contributed by atoms with Gasteiger partial charge >= 0.3 is 0 Å². The van der Waals surface area contributed by atoms with Crippen LogP contribution in [0, 0.1) is 0 Å². The van der Waals surface area contributed by atoms with Crippen LogP contribution in [-0.4, -0.2) is 18.7 Å². The molecular formula is C12H15BrN2O2S. The van der Waals surface area contributed by atoms with Gasteiger partial charge in [0.15, 0.2) is 5.13 Å². The van der Waals surface area contributed by atoms with Gasteiger partial charge in [-0.3, -0.25) is 0 Å². The third-order valence-electron chi connectivity index (χ3n) is 2.06. The molecule has 0 aliphatic carbocycles. The third-order valence-corrected chi connectivity index (χ3v) is 2.93. The van der Waals surface area contributed by atoms with Gasteiger partial charge in [0.1, 0.15) is 0 Å². The molecule has 0 radical (unpaired) electrons. The van der Waals surface area contributed by atoms with Crippen LogP contribution in [0.3, 0.4) is 0 Å². The number of nitrogens with zero attached hydrogens (tertiary/aromatic N) is 1. The first-order chi connectivity index (χ1) is 8.33. The maximum atomic E-state index is 5.44. The van der Waals surface area contributed by atoms with Crippen molar-refractivity contribution in [1.29, 1.82) is 0 Å². The molecule has 18 heavy (non-hydrogen) atoms. The Bertz CT molecular complexity index is 476. The third kappa shape index (κ3) is 3.61. The molecule has 0 bridgehead atoms. The van der Waals surface area contributed by atoms with Gasteiger partial charge in [-0.05, 0) is 19.1 Å². The summed E-state index contributed by atoms with van der Waals surface area (Å²) >= 11 is 1.43. The molecule has 1 aromatic heterocycles. The van der Waals surface area contributed by atoms with E-state index in [0.717, 1.165) is 10.8 Å². The van der Waals surface area contributed by atoms with Crippen molar-refractivity contribution < 1.29 is 9.47 Å². The highest BCUT2D eigenvalue weighted by atomic mass is 79.9. The second-order valence-corrected chi connectivity index (χ2v) is 4.20. The zero-order chi connectivity index (χ0) is 12.1. The van der Waals surface area contributed by atoms with Gasteiger partial charge in [-0.15, -0.1) is 17.0 Å². The van der Waals surface area contributed by atoms with Gasteiger partial charge in [0.2, 0.25) is 5.06 Å². The fourth-order valence-corrected chi connectivity index (χ4v) is 2.21. The summed E-state index contributed by atoms with van der Waals surface area (Å²) < 4.78 is 10.6. The van der Waals surface area contributed by atoms with Crippen molar-refractivity contribution >= 4 is 39.1 Å². The number of nitrogens with one attached hydrogen (secondary N) is 1. The first-order valence-electron chi connectivity index (χ1n) is 5.33. The number of thiazole rings is 1. The Hall–Kier alpha value is -1.27. The molecule has 0 spiro atoms. The summed E-state index contributed by atoms with van der Waals surface area (Å²) in [6, 6.07) is 9.87. The van der Waals surface area contributed by atoms with Crippen LogP contribution in [0.5, 0.6) is 10.9 Å². The Balaban J connectivity index is 0.00000162. The van der Waals surface area contributed by atoms with Crippen LogP contribution in [0.25, 0.3) is 0 Å². The normalized spacial score (nSPS) is 9.44. The van der Waals surface area contributed by atoms with Crippen molar-refractivity contribution in [3.05, 3.63) is 30.3 Å². The van der Waals surface area contributed by atoms with Gasteiger partial charge in [0.25, 0.3) is 5.88 Å². The van der Waals surface area contributed by atoms with Crippen LogP contribution in [0.1, 0.15) is 6.92 Å². The molecular weight excluding hydrogens is 316 g/mol. The van der Waals surface area contributed by atoms with Crippen molar-refractivity contribution in [3.63, 3.8) is 0 Å². The maximum Gasteiger partial charge on any atom is 0.270 e. The van der Waals surface area contributed by atoms with E-state index in [1.807, 2.05) is 37.3 Å². The molecule has 2 rings (SSSR count). The molecule has 0 unspecified atom stereocenters. The lowest BCUT2D eigenvalue weighted by Gasteiger charge is -2.00. The van der Waals surface area contributed by atoms with Crippen LogP contribution >= 0.6 is 28.3 Å². The summed E-state index contributed by atoms with van der Waals surface area (Å²) in [7, 11) is 1.59. The number of rotatable bonds is 5. The molecule has 1 aromatic carbocycles. The van der Waals surface area contributed by atoms with E-state index in [9.17, 15) is 0 Å².